The van der Waals surface area contributed by atoms with E-state index < -0.39 is 0 Å². The second-order valence-electron chi connectivity index (χ2n) is 8.95. The molecular formula is C26H31N3O5. The molecule has 4 rings (SSSR count). The molecule has 0 spiro atoms. The van der Waals surface area contributed by atoms with Gasteiger partial charge in [-0.1, -0.05) is 6.07 Å². The summed E-state index contributed by atoms with van der Waals surface area (Å²) in [6, 6.07) is 10.7. The molecule has 180 valence electrons. The summed E-state index contributed by atoms with van der Waals surface area (Å²) in [5.41, 5.74) is 2.81. The first kappa shape index (κ1) is 23.6. The summed E-state index contributed by atoms with van der Waals surface area (Å²) in [4.78, 5) is 39.8. The fourth-order valence-electron chi connectivity index (χ4n) is 4.12. The molecule has 1 aliphatic carbocycles. The monoisotopic (exact) mass is 465 g/mol. The lowest BCUT2D eigenvalue weighted by molar-refractivity contribution is -0.121. The summed E-state index contributed by atoms with van der Waals surface area (Å²) in [5, 5.41) is 5.94. The van der Waals surface area contributed by atoms with E-state index in [1.54, 1.807) is 37.3 Å². The van der Waals surface area contributed by atoms with Gasteiger partial charge in [0.25, 0.3) is 5.91 Å². The Balaban J connectivity index is 1.35. The zero-order chi connectivity index (χ0) is 24.2. The van der Waals surface area contributed by atoms with E-state index in [1.165, 1.54) is 0 Å². The summed E-state index contributed by atoms with van der Waals surface area (Å²) in [6.45, 7) is 2.91. The van der Waals surface area contributed by atoms with Crippen molar-refractivity contribution in [2.24, 2.45) is 11.8 Å². The van der Waals surface area contributed by atoms with Crippen LogP contribution in [0.25, 0.3) is 0 Å². The summed E-state index contributed by atoms with van der Waals surface area (Å²) in [7, 11) is 3.09. The molecule has 1 heterocycles. The van der Waals surface area contributed by atoms with E-state index >= 15 is 0 Å². The Kier molecular flexibility index (Phi) is 7.05. The van der Waals surface area contributed by atoms with Crippen LogP contribution in [0.1, 0.15) is 41.6 Å². The topological polar surface area (TPSA) is 97.0 Å². The third-order valence-corrected chi connectivity index (χ3v) is 6.46. The van der Waals surface area contributed by atoms with Gasteiger partial charge in [-0.15, -0.1) is 0 Å². The molecule has 1 saturated heterocycles. The minimum atomic E-state index is -0.187. The van der Waals surface area contributed by atoms with Crippen molar-refractivity contribution >= 4 is 29.1 Å². The van der Waals surface area contributed by atoms with Crippen LogP contribution >= 0.6 is 0 Å². The van der Waals surface area contributed by atoms with Crippen LogP contribution in [-0.4, -0.2) is 49.9 Å². The fraction of sp³-hybridized carbons (Fsp3) is 0.423. The number of rotatable bonds is 7. The zero-order valence-electron chi connectivity index (χ0n) is 19.8. The average molecular weight is 466 g/mol. The van der Waals surface area contributed by atoms with Crippen molar-refractivity contribution in [2.45, 2.75) is 32.6 Å². The smallest absolute Gasteiger partial charge is 0.254 e. The second-order valence-corrected chi connectivity index (χ2v) is 8.95. The Morgan fingerprint density at radius 2 is 1.41 bits per heavy atom. The molecule has 0 radical (unpaired) electrons. The van der Waals surface area contributed by atoms with Gasteiger partial charge >= 0.3 is 0 Å². The lowest BCUT2D eigenvalue weighted by atomic mass is 9.95. The number of ether oxygens (including phenoxy) is 2. The highest BCUT2D eigenvalue weighted by molar-refractivity contribution is 5.98. The quantitative estimate of drug-likeness (QED) is 0.647. The molecule has 3 amide bonds. The summed E-state index contributed by atoms with van der Waals surface area (Å²) < 4.78 is 10.5. The molecule has 8 nitrogen and oxygen atoms in total. The van der Waals surface area contributed by atoms with Gasteiger partial charge < -0.3 is 25.0 Å². The van der Waals surface area contributed by atoms with Gasteiger partial charge in [0.15, 0.2) is 0 Å². The van der Waals surface area contributed by atoms with E-state index in [0.717, 1.165) is 18.4 Å². The number of anilines is 2. The van der Waals surface area contributed by atoms with Crippen molar-refractivity contribution in [3.05, 3.63) is 47.5 Å². The predicted molar refractivity (Wildman–Crippen MR) is 129 cm³/mol. The third-order valence-electron chi connectivity index (χ3n) is 6.46. The molecule has 34 heavy (non-hydrogen) atoms. The molecule has 0 unspecified atom stereocenters. The van der Waals surface area contributed by atoms with Gasteiger partial charge in [-0.25, -0.2) is 0 Å². The second kappa shape index (κ2) is 10.2. The third kappa shape index (κ3) is 5.50. The summed E-state index contributed by atoms with van der Waals surface area (Å²) >= 11 is 0. The van der Waals surface area contributed by atoms with Crippen LogP contribution in [0, 0.1) is 18.8 Å². The standard InChI is InChI=1S/C26H31N3O5/c1-16-4-7-20(27-24(30)17-5-6-17)14-23(16)28-25(31)18-8-10-29(11-9-18)26(32)19-12-21(33-2)15-22(13-19)34-3/h4,7,12-15,17-18H,5-6,8-11H2,1-3H3,(H,27,30)(H,28,31). The van der Waals surface area contributed by atoms with E-state index in [2.05, 4.69) is 10.6 Å². The van der Waals surface area contributed by atoms with Crippen molar-refractivity contribution in [1.82, 2.24) is 4.90 Å². The van der Waals surface area contributed by atoms with Crippen molar-refractivity contribution in [3.63, 3.8) is 0 Å². The van der Waals surface area contributed by atoms with Crippen molar-refractivity contribution in [2.75, 3.05) is 37.9 Å². The maximum Gasteiger partial charge on any atom is 0.254 e. The Hall–Kier alpha value is -3.55. The van der Waals surface area contributed by atoms with Gasteiger partial charge in [0.05, 0.1) is 14.2 Å². The van der Waals surface area contributed by atoms with Crippen molar-refractivity contribution in [1.29, 1.82) is 0 Å². The molecule has 0 atom stereocenters. The summed E-state index contributed by atoms with van der Waals surface area (Å²) in [6.07, 6.45) is 3.04. The number of nitrogens with one attached hydrogen (secondary N) is 2. The minimum Gasteiger partial charge on any atom is -0.497 e. The first-order chi connectivity index (χ1) is 16.4. The molecule has 2 aliphatic rings. The highest BCUT2D eigenvalue weighted by Gasteiger charge is 2.30. The molecule has 2 aromatic rings. The number of methoxy groups -OCH3 is 2. The van der Waals surface area contributed by atoms with Gasteiger partial charge in [-0.2, -0.15) is 0 Å². The molecule has 2 fully saturated rings. The molecule has 2 N–H and O–H groups in total. The van der Waals surface area contributed by atoms with Gasteiger partial charge in [0.1, 0.15) is 11.5 Å². The van der Waals surface area contributed by atoms with Crippen LogP contribution in [-0.2, 0) is 9.59 Å². The maximum atomic E-state index is 13.0. The molecule has 1 saturated carbocycles. The fourth-order valence-corrected chi connectivity index (χ4v) is 4.12. The highest BCUT2D eigenvalue weighted by Crippen LogP contribution is 2.31. The van der Waals surface area contributed by atoms with Gasteiger partial charge in [-0.05, 0) is 62.4 Å². The number of carbonyl (C=O) groups excluding carboxylic acids is 3. The van der Waals surface area contributed by atoms with Gasteiger partial charge in [-0.3, -0.25) is 14.4 Å². The number of likely N-dealkylation sites (tertiary alicyclic amines) is 1. The van der Waals surface area contributed by atoms with E-state index in [1.807, 2.05) is 25.1 Å². The predicted octanol–water partition coefficient (Wildman–Crippen LogP) is 3.85. The molecule has 0 aromatic heterocycles. The van der Waals surface area contributed by atoms with E-state index in [9.17, 15) is 14.4 Å². The van der Waals surface area contributed by atoms with Gasteiger partial charge in [0.2, 0.25) is 11.8 Å². The van der Waals surface area contributed by atoms with Crippen LogP contribution < -0.4 is 20.1 Å². The number of amides is 3. The first-order valence-electron chi connectivity index (χ1n) is 11.6. The normalized spacial score (nSPS) is 16.0. The number of benzene rings is 2. The number of hydrogen-bond donors (Lipinski definition) is 2. The first-order valence-corrected chi connectivity index (χ1v) is 11.6. The van der Waals surface area contributed by atoms with Crippen LogP contribution in [0.3, 0.4) is 0 Å². The average Bonchev–Trinajstić information content (AvgIpc) is 3.71. The van der Waals surface area contributed by atoms with Crippen LogP contribution in [0.15, 0.2) is 36.4 Å². The molecule has 2 aromatic carbocycles. The van der Waals surface area contributed by atoms with Crippen LogP contribution in [0.5, 0.6) is 11.5 Å². The number of nitrogens with zero attached hydrogens (tertiary/aromatic N) is 1. The summed E-state index contributed by atoms with van der Waals surface area (Å²) in [5.74, 6) is 0.908. The number of hydrogen-bond acceptors (Lipinski definition) is 5. The Labute approximate surface area is 199 Å². The highest BCUT2D eigenvalue weighted by atomic mass is 16.5. The number of piperidine rings is 1. The van der Waals surface area contributed by atoms with E-state index in [-0.39, 0.29) is 29.6 Å². The molecule has 8 heteroatoms. The molecule has 1 aliphatic heterocycles. The minimum absolute atomic E-state index is 0.0341. The zero-order valence-corrected chi connectivity index (χ0v) is 19.8. The van der Waals surface area contributed by atoms with Gasteiger partial charge in [0, 0.05) is 47.9 Å². The molecule has 0 bridgehead atoms. The molecular weight excluding hydrogens is 434 g/mol. The van der Waals surface area contributed by atoms with Crippen LogP contribution in [0.2, 0.25) is 0 Å². The van der Waals surface area contributed by atoms with Crippen LogP contribution in [0.4, 0.5) is 11.4 Å². The Morgan fingerprint density at radius 1 is 0.824 bits per heavy atom. The maximum absolute atomic E-state index is 13.0. The van der Waals surface area contributed by atoms with E-state index in [0.29, 0.717) is 54.4 Å². The Bertz CT molecular complexity index is 1070. The Morgan fingerprint density at radius 3 is 2.00 bits per heavy atom. The largest absolute Gasteiger partial charge is 0.497 e. The van der Waals surface area contributed by atoms with Crippen molar-refractivity contribution < 1.29 is 23.9 Å². The number of aryl methyl sites for hydroxylation is 1. The van der Waals surface area contributed by atoms with Crippen molar-refractivity contribution in [3.8, 4) is 11.5 Å². The number of carbonyl (C=O) groups is 3. The SMILES string of the molecule is COc1cc(OC)cc(C(=O)N2CCC(C(=O)Nc3cc(NC(=O)C4CC4)ccc3C)CC2)c1. The van der Waals surface area contributed by atoms with E-state index in [4.69, 9.17) is 9.47 Å². The lowest BCUT2D eigenvalue weighted by Gasteiger charge is -2.31. The lowest BCUT2D eigenvalue weighted by Crippen LogP contribution is -2.41.